The highest BCUT2D eigenvalue weighted by atomic mass is 16.4. The fraction of sp³-hybridized carbons (Fsp3) is 0.194. The van der Waals surface area contributed by atoms with E-state index in [1.807, 2.05) is 12.1 Å². The average molecular weight is 450 g/mol. The van der Waals surface area contributed by atoms with Gasteiger partial charge in [0, 0.05) is 17.1 Å². The molecule has 4 aromatic rings. The van der Waals surface area contributed by atoms with E-state index in [1.165, 1.54) is 11.1 Å². The Morgan fingerprint density at radius 2 is 0.882 bits per heavy atom. The summed E-state index contributed by atoms with van der Waals surface area (Å²) >= 11 is 0. The van der Waals surface area contributed by atoms with Gasteiger partial charge in [0.25, 0.3) is 0 Å². The molecule has 0 unspecified atom stereocenters. The normalized spacial score (nSPS) is 11.1. The quantitative estimate of drug-likeness (QED) is 0.306. The number of carboxylic acid groups (broad SMARTS) is 1. The van der Waals surface area contributed by atoms with Crippen LogP contribution in [0.25, 0.3) is 11.1 Å². The monoisotopic (exact) mass is 449 g/mol. The first-order valence-electron chi connectivity index (χ1n) is 11.8. The van der Waals surface area contributed by atoms with Crippen LogP contribution in [0, 0.1) is 0 Å². The molecule has 34 heavy (non-hydrogen) atoms. The Balaban J connectivity index is 1.71. The Kier molecular flexibility index (Phi) is 6.83. The third kappa shape index (κ3) is 5.04. The summed E-state index contributed by atoms with van der Waals surface area (Å²) in [6.07, 6.45) is 0. The Morgan fingerprint density at radius 3 is 1.21 bits per heavy atom. The van der Waals surface area contributed by atoms with Crippen LogP contribution in [0.1, 0.15) is 61.0 Å². The fourth-order valence-corrected chi connectivity index (χ4v) is 4.07. The largest absolute Gasteiger partial charge is 0.478 e. The molecule has 0 amide bonds. The van der Waals surface area contributed by atoms with E-state index in [9.17, 15) is 4.79 Å². The van der Waals surface area contributed by atoms with Crippen LogP contribution in [0.2, 0.25) is 0 Å². The van der Waals surface area contributed by atoms with Crippen molar-refractivity contribution < 1.29 is 9.90 Å². The summed E-state index contributed by atoms with van der Waals surface area (Å²) in [6, 6.07) is 32.9. The van der Waals surface area contributed by atoms with E-state index in [0.29, 0.717) is 17.4 Å². The maximum atomic E-state index is 11.1. The van der Waals surface area contributed by atoms with E-state index in [4.69, 9.17) is 5.11 Å². The van der Waals surface area contributed by atoms with Crippen LogP contribution in [-0.4, -0.2) is 11.1 Å². The molecule has 0 heterocycles. The van der Waals surface area contributed by atoms with Crippen LogP contribution in [0.15, 0.2) is 97.1 Å². The maximum Gasteiger partial charge on any atom is 0.335 e. The lowest BCUT2D eigenvalue weighted by atomic mass is 10.0. The molecule has 0 saturated carbocycles. The van der Waals surface area contributed by atoms with Gasteiger partial charge in [0.1, 0.15) is 0 Å². The zero-order valence-corrected chi connectivity index (χ0v) is 20.2. The van der Waals surface area contributed by atoms with Crippen molar-refractivity contribution in [3.63, 3.8) is 0 Å². The zero-order chi connectivity index (χ0) is 24.2. The molecular formula is C31H31NO2. The molecule has 0 saturated heterocycles. The fourth-order valence-electron chi connectivity index (χ4n) is 4.07. The lowest BCUT2D eigenvalue weighted by Crippen LogP contribution is -2.10. The first-order valence-corrected chi connectivity index (χ1v) is 11.8. The Morgan fingerprint density at radius 1 is 0.559 bits per heavy atom. The molecule has 1 N–H and O–H groups in total. The van der Waals surface area contributed by atoms with Crippen LogP contribution in [-0.2, 0) is 0 Å². The Labute approximate surface area is 202 Å². The number of carbonyl (C=O) groups is 1. The van der Waals surface area contributed by atoms with Gasteiger partial charge < -0.3 is 10.0 Å². The minimum Gasteiger partial charge on any atom is -0.478 e. The van der Waals surface area contributed by atoms with Gasteiger partial charge in [0.2, 0.25) is 0 Å². The summed E-state index contributed by atoms with van der Waals surface area (Å²) in [4.78, 5) is 13.4. The van der Waals surface area contributed by atoms with Gasteiger partial charge in [-0.05, 0) is 82.6 Å². The number of benzene rings is 4. The maximum absolute atomic E-state index is 11.1. The zero-order valence-electron chi connectivity index (χ0n) is 20.2. The number of carboxylic acids is 1. The van der Waals surface area contributed by atoms with Crippen molar-refractivity contribution in [1.82, 2.24) is 0 Å². The van der Waals surface area contributed by atoms with E-state index in [0.717, 1.165) is 28.2 Å². The van der Waals surface area contributed by atoms with E-state index in [-0.39, 0.29) is 0 Å². The molecule has 172 valence electrons. The molecule has 0 fully saturated rings. The van der Waals surface area contributed by atoms with Crippen molar-refractivity contribution >= 4 is 23.0 Å². The first-order chi connectivity index (χ1) is 16.3. The molecule has 3 heteroatoms. The SMILES string of the molecule is CC(C)c1ccc(N(c2ccc(-c3ccc(C(=O)O)cc3)cc2)c2ccc(C(C)C)cc2)cc1. The highest BCUT2D eigenvalue weighted by Gasteiger charge is 2.14. The molecule has 0 spiro atoms. The molecule has 0 aliphatic rings. The summed E-state index contributed by atoms with van der Waals surface area (Å²) in [5, 5.41) is 9.15. The van der Waals surface area contributed by atoms with E-state index < -0.39 is 5.97 Å². The molecule has 0 aromatic heterocycles. The van der Waals surface area contributed by atoms with E-state index in [1.54, 1.807) is 12.1 Å². The van der Waals surface area contributed by atoms with Crippen molar-refractivity contribution in [2.45, 2.75) is 39.5 Å². The third-order valence-electron chi connectivity index (χ3n) is 6.23. The van der Waals surface area contributed by atoms with Crippen molar-refractivity contribution in [3.8, 4) is 11.1 Å². The van der Waals surface area contributed by atoms with Crippen LogP contribution < -0.4 is 4.90 Å². The predicted octanol–water partition coefficient (Wildman–Crippen LogP) is 8.77. The number of hydrogen-bond acceptors (Lipinski definition) is 2. The predicted molar refractivity (Wildman–Crippen MR) is 142 cm³/mol. The second-order valence-electron chi connectivity index (χ2n) is 9.26. The van der Waals surface area contributed by atoms with Crippen molar-refractivity contribution in [2.24, 2.45) is 0 Å². The van der Waals surface area contributed by atoms with Gasteiger partial charge in [-0.25, -0.2) is 4.79 Å². The standard InChI is InChI=1S/C31H31NO2/c1-21(2)23-9-15-28(16-10-23)32(29-17-11-24(12-18-29)22(3)4)30-19-13-26(14-20-30)25-5-7-27(8-6-25)31(33)34/h5-22H,1-4H3,(H,33,34). The smallest absolute Gasteiger partial charge is 0.335 e. The van der Waals surface area contributed by atoms with Gasteiger partial charge in [-0.15, -0.1) is 0 Å². The lowest BCUT2D eigenvalue weighted by molar-refractivity contribution is 0.0697. The topological polar surface area (TPSA) is 40.5 Å². The van der Waals surface area contributed by atoms with Gasteiger partial charge in [-0.1, -0.05) is 76.2 Å². The van der Waals surface area contributed by atoms with Gasteiger partial charge >= 0.3 is 5.97 Å². The Hall–Kier alpha value is -3.85. The molecule has 0 aliphatic heterocycles. The number of rotatable bonds is 7. The van der Waals surface area contributed by atoms with Crippen LogP contribution >= 0.6 is 0 Å². The minimum atomic E-state index is -0.912. The van der Waals surface area contributed by atoms with Crippen LogP contribution in [0.4, 0.5) is 17.1 Å². The van der Waals surface area contributed by atoms with E-state index >= 15 is 0 Å². The molecule has 0 bridgehead atoms. The number of aromatic carboxylic acids is 1. The van der Waals surface area contributed by atoms with Crippen LogP contribution in [0.5, 0.6) is 0 Å². The Bertz CT molecular complexity index is 1190. The summed E-state index contributed by atoms with van der Waals surface area (Å²) < 4.78 is 0. The van der Waals surface area contributed by atoms with Crippen LogP contribution in [0.3, 0.4) is 0 Å². The third-order valence-corrected chi connectivity index (χ3v) is 6.23. The summed E-state index contributed by atoms with van der Waals surface area (Å²) in [6.45, 7) is 8.83. The average Bonchev–Trinajstić information content (AvgIpc) is 2.85. The molecule has 3 nitrogen and oxygen atoms in total. The summed E-state index contributed by atoms with van der Waals surface area (Å²) in [5.74, 6) is 0.0590. The van der Waals surface area contributed by atoms with E-state index in [2.05, 4.69) is 105 Å². The van der Waals surface area contributed by atoms with Gasteiger partial charge in [-0.2, -0.15) is 0 Å². The second kappa shape index (κ2) is 9.96. The van der Waals surface area contributed by atoms with Crippen molar-refractivity contribution in [2.75, 3.05) is 4.90 Å². The number of anilines is 3. The molecule has 0 atom stereocenters. The molecule has 0 radical (unpaired) electrons. The first kappa shape index (κ1) is 23.3. The van der Waals surface area contributed by atoms with Crippen molar-refractivity contribution in [3.05, 3.63) is 114 Å². The molecular weight excluding hydrogens is 418 g/mol. The van der Waals surface area contributed by atoms with Gasteiger partial charge in [-0.3, -0.25) is 0 Å². The summed E-state index contributed by atoms with van der Waals surface area (Å²) in [5.41, 5.74) is 8.26. The number of nitrogens with zero attached hydrogens (tertiary/aromatic N) is 1. The summed E-state index contributed by atoms with van der Waals surface area (Å²) in [7, 11) is 0. The van der Waals surface area contributed by atoms with Crippen molar-refractivity contribution in [1.29, 1.82) is 0 Å². The minimum absolute atomic E-state index is 0.293. The highest BCUT2D eigenvalue weighted by molar-refractivity contribution is 5.88. The molecule has 4 rings (SSSR count). The number of hydrogen-bond donors (Lipinski definition) is 1. The highest BCUT2D eigenvalue weighted by Crippen LogP contribution is 2.36. The lowest BCUT2D eigenvalue weighted by Gasteiger charge is -2.26. The molecule has 4 aromatic carbocycles. The van der Waals surface area contributed by atoms with Gasteiger partial charge in [0.15, 0.2) is 0 Å². The van der Waals surface area contributed by atoms with Gasteiger partial charge in [0.05, 0.1) is 5.56 Å². The molecule has 0 aliphatic carbocycles. The second-order valence-corrected chi connectivity index (χ2v) is 9.26.